The third-order valence-electron chi connectivity index (χ3n) is 5.97. The average Bonchev–Trinajstić information content (AvgIpc) is 3.24. The fourth-order valence-electron chi connectivity index (χ4n) is 4.14. The number of anilines is 1. The van der Waals surface area contributed by atoms with Gasteiger partial charge in [-0.25, -0.2) is 5.43 Å². The molecular weight excluding hydrogens is 532 g/mol. The maximum atomic E-state index is 6.02. The van der Waals surface area contributed by atoms with Crippen LogP contribution in [0.15, 0.2) is 76.3 Å². The summed E-state index contributed by atoms with van der Waals surface area (Å²) in [6.45, 7) is 3.49. The van der Waals surface area contributed by atoms with Crippen LogP contribution >= 0.6 is 15.9 Å². The lowest BCUT2D eigenvalue weighted by molar-refractivity contribution is 0.282. The molecule has 0 aliphatic heterocycles. The quantitative estimate of drug-likeness (QED) is 0.154. The van der Waals surface area contributed by atoms with Crippen molar-refractivity contribution in [2.24, 2.45) is 5.10 Å². The van der Waals surface area contributed by atoms with Gasteiger partial charge in [-0.3, -0.25) is 0 Å². The summed E-state index contributed by atoms with van der Waals surface area (Å²) >= 11 is 3.60. The normalized spacial score (nSPS) is 11.4. The van der Waals surface area contributed by atoms with Crippen LogP contribution in [0.4, 0.5) is 5.95 Å². The van der Waals surface area contributed by atoms with E-state index < -0.39 is 0 Å². The van der Waals surface area contributed by atoms with Crippen LogP contribution in [0.5, 0.6) is 11.5 Å². The van der Waals surface area contributed by atoms with Crippen LogP contribution in [0, 0.1) is 0 Å². The van der Waals surface area contributed by atoms with Crippen LogP contribution in [0.2, 0.25) is 0 Å². The van der Waals surface area contributed by atoms with Crippen molar-refractivity contribution in [3.05, 3.63) is 82.3 Å². The molecule has 0 radical (unpaired) electrons. The van der Waals surface area contributed by atoms with Crippen LogP contribution in [-0.4, -0.2) is 33.1 Å². The van der Waals surface area contributed by atoms with Gasteiger partial charge in [-0.15, -0.1) is 10.2 Å². The molecule has 5 aromatic rings. The lowest BCUT2D eigenvalue weighted by atomic mass is 10.2. The minimum Gasteiger partial charge on any atom is -0.493 e. The first-order chi connectivity index (χ1) is 18.2. The Hall–Kier alpha value is -3.98. The molecule has 0 bridgehead atoms. The Morgan fingerprint density at radius 3 is 2.68 bits per heavy atom. The Kier molecular flexibility index (Phi) is 7.60. The zero-order valence-corrected chi connectivity index (χ0v) is 22.3. The summed E-state index contributed by atoms with van der Waals surface area (Å²) in [6.07, 6.45) is 3.83. The maximum absolute atomic E-state index is 6.02. The smallest absolute Gasteiger partial charge is 0.265 e. The molecule has 2 heterocycles. The first-order valence-electron chi connectivity index (χ1n) is 12.1. The number of rotatable bonds is 10. The molecule has 0 aliphatic carbocycles. The van der Waals surface area contributed by atoms with E-state index >= 15 is 0 Å². The summed E-state index contributed by atoms with van der Waals surface area (Å²) in [6, 6.07) is 22.0. The monoisotopic (exact) mass is 558 g/mol. The van der Waals surface area contributed by atoms with E-state index in [9.17, 15) is 0 Å². The summed E-state index contributed by atoms with van der Waals surface area (Å²) in [5.41, 5.74) is 7.51. The van der Waals surface area contributed by atoms with E-state index in [-0.39, 0.29) is 0 Å². The lowest BCUT2D eigenvalue weighted by Gasteiger charge is -2.13. The van der Waals surface area contributed by atoms with E-state index in [4.69, 9.17) is 14.5 Å². The molecule has 0 spiro atoms. The Balaban J connectivity index is 1.35. The highest BCUT2D eigenvalue weighted by atomic mass is 79.9. The number of hydrogen-bond acceptors (Lipinski definition) is 7. The van der Waals surface area contributed by atoms with Gasteiger partial charge in [-0.1, -0.05) is 61.9 Å². The Morgan fingerprint density at radius 1 is 1.05 bits per heavy atom. The summed E-state index contributed by atoms with van der Waals surface area (Å²) in [5, 5.41) is 14.1. The van der Waals surface area contributed by atoms with Crippen molar-refractivity contribution < 1.29 is 9.47 Å². The van der Waals surface area contributed by atoms with Crippen molar-refractivity contribution in [1.29, 1.82) is 0 Å². The summed E-state index contributed by atoms with van der Waals surface area (Å²) in [7, 11) is 1.61. The van der Waals surface area contributed by atoms with E-state index in [2.05, 4.69) is 60.3 Å². The second-order valence-electron chi connectivity index (χ2n) is 8.51. The minimum atomic E-state index is 0.332. The second kappa shape index (κ2) is 11.4. The molecule has 9 heteroatoms. The van der Waals surface area contributed by atoms with Gasteiger partial charge in [0.2, 0.25) is 0 Å². The predicted molar refractivity (Wildman–Crippen MR) is 150 cm³/mol. The summed E-state index contributed by atoms with van der Waals surface area (Å²) in [4.78, 5) is 4.73. The number of halogens is 1. The molecule has 2 aromatic heterocycles. The highest BCUT2D eigenvalue weighted by Crippen LogP contribution is 2.37. The van der Waals surface area contributed by atoms with Crippen LogP contribution in [0.1, 0.15) is 30.9 Å². The topological polar surface area (TPSA) is 86.5 Å². The molecule has 0 amide bonds. The lowest BCUT2D eigenvalue weighted by Crippen LogP contribution is -2.03. The van der Waals surface area contributed by atoms with E-state index in [1.165, 1.54) is 0 Å². The molecule has 0 saturated heterocycles. The molecule has 3 aromatic carbocycles. The number of methoxy groups -OCH3 is 1. The molecule has 0 unspecified atom stereocenters. The number of aromatic nitrogens is 4. The number of ether oxygens (including phenoxy) is 2. The van der Waals surface area contributed by atoms with Crippen LogP contribution < -0.4 is 14.9 Å². The van der Waals surface area contributed by atoms with Gasteiger partial charge in [0.25, 0.3) is 5.95 Å². The number of benzene rings is 3. The van der Waals surface area contributed by atoms with Gasteiger partial charge in [-0.05, 0) is 51.7 Å². The Bertz CT molecular complexity index is 1550. The van der Waals surface area contributed by atoms with E-state index in [1.807, 2.05) is 54.6 Å². The van der Waals surface area contributed by atoms with Crippen LogP contribution in [0.25, 0.3) is 22.1 Å². The first-order valence-corrected chi connectivity index (χ1v) is 12.9. The number of nitrogens with zero attached hydrogens (tertiary/aromatic N) is 5. The number of hydrazone groups is 1. The molecule has 37 heavy (non-hydrogen) atoms. The van der Waals surface area contributed by atoms with Crippen molar-refractivity contribution >= 4 is 50.2 Å². The highest BCUT2D eigenvalue weighted by molar-refractivity contribution is 9.10. The fourth-order valence-corrected chi connectivity index (χ4v) is 4.72. The van der Waals surface area contributed by atoms with E-state index in [0.29, 0.717) is 24.1 Å². The standard InChI is InChI=1S/C28H27BrN6O2/c1-3-4-14-35-23-13-9-8-12-21(23)25-27(35)31-28(34-32-25)33-30-17-20-15-22(29)26(24(16-20)36-2)37-18-19-10-6-5-7-11-19/h5-13,15-17H,3-4,14,18H2,1-2H3,(H,31,33,34)/b30-17+. The van der Waals surface area contributed by atoms with Crippen molar-refractivity contribution in [3.63, 3.8) is 0 Å². The molecule has 0 aliphatic rings. The van der Waals surface area contributed by atoms with E-state index in [1.54, 1.807) is 13.3 Å². The fraction of sp³-hybridized carbons (Fsp3) is 0.214. The molecule has 1 N–H and O–H groups in total. The third-order valence-corrected chi connectivity index (χ3v) is 6.55. The minimum absolute atomic E-state index is 0.332. The van der Waals surface area contributed by atoms with Crippen molar-refractivity contribution in [2.45, 2.75) is 32.9 Å². The van der Waals surface area contributed by atoms with E-state index in [0.717, 1.165) is 57.1 Å². The predicted octanol–water partition coefficient (Wildman–Crippen LogP) is 6.58. The molecule has 8 nitrogen and oxygen atoms in total. The van der Waals surface area contributed by atoms with Crippen LogP contribution in [-0.2, 0) is 13.2 Å². The summed E-state index contributed by atoms with van der Waals surface area (Å²) < 4.78 is 14.6. The highest BCUT2D eigenvalue weighted by Gasteiger charge is 2.14. The maximum Gasteiger partial charge on any atom is 0.265 e. The molecule has 0 saturated carbocycles. The van der Waals surface area contributed by atoms with Crippen LogP contribution in [0.3, 0.4) is 0 Å². The van der Waals surface area contributed by atoms with Gasteiger partial charge >= 0.3 is 0 Å². The van der Waals surface area contributed by atoms with Gasteiger partial charge in [0.05, 0.1) is 23.3 Å². The Morgan fingerprint density at radius 2 is 1.86 bits per heavy atom. The second-order valence-corrected chi connectivity index (χ2v) is 9.36. The SMILES string of the molecule is CCCCn1c2ccccc2c2nnc(N/N=C/c3cc(Br)c(OCc4ccccc4)c(OC)c3)nc21. The molecule has 5 rings (SSSR count). The summed E-state index contributed by atoms with van der Waals surface area (Å²) in [5.74, 6) is 1.57. The number of hydrogen-bond donors (Lipinski definition) is 1. The molecular formula is C28H27BrN6O2. The van der Waals surface area contributed by atoms with Gasteiger partial charge in [0.15, 0.2) is 17.1 Å². The Labute approximate surface area is 223 Å². The van der Waals surface area contributed by atoms with Crippen molar-refractivity contribution in [3.8, 4) is 11.5 Å². The first kappa shape index (κ1) is 24.7. The van der Waals surface area contributed by atoms with Crippen molar-refractivity contribution in [1.82, 2.24) is 19.7 Å². The number of fused-ring (bicyclic) bond motifs is 3. The number of unbranched alkanes of at least 4 members (excludes halogenated alkanes) is 1. The van der Waals surface area contributed by atoms with Gasteiger partial charge in [0.1, 0.15) is 12.1 Å². The number of para-hydroxylation sites is 1. The average molecular weight is 559 g/mol. The van der Waals surface area contributed by atoms with Gasteiger partial charge in [-0.2, -0.15) is 10.1 Å². The molecule has 0 atom stereocenters. The zero-order chi connectivity index (χ0) is 25.6. The van der Waals surface area contributed by atoms with Gasteiger partial charge < -0.3 is 14.0 Å². The molecule has 0 fully saturated rings. The third kappa shape index (κ3) is 5.41. The largest absolute Gasteiger partial charge is 0.493 e. The number of aryl methyl sites for hydroxylation is 1. The number of nitrogens with one attached hydrogen (secondary N) is 1. The molecule has 188 valence electrons. The van der Waals surface area contributed by atoms with Crippen molar-refractivity contribution in [2.75, 3.05) is 12.5 Å². The zero-order valence-electron chi connectivity index (χ0n) is 20.7. The van der Waals surface area contributed by atoms with Gasteiger partial charge in [0, 0.05) is 11.9 Å².